The summed E-state index contributed by atoms with van der Waals surface area (Å²) >= 11 is 1.54. The summed E-state index contributed by atoms with van der Waals surface area (Å²) in [6.45, 7) is 3.90. The molecule has 1 aliphatic heterocycles. The zero-order valence-corrected chi connectivity index (χ0v) is 15.6. The van der Waals surface area contributed by atoms with Gasteiger partial charge in [0.15, 0.2) is 4.96 Å². The monoisotopic (exact) mass is 369 g/mol. The van der Waals surface area contributed by atoms with Crippen molar-refractivity contribution in [3.63, 3.8) is 0 Å². The summed E-state index contributed by atoms with van der Waals surface area (Å²) in [7, 11) is 1.86. The van der Waals surface area contributed by atoms with Crippen molar-refractivity contribution in [2.75, 3.05) is 13.1 Å². The van der Waals surface area contributed by atoms with Crippen molar-refractivity contribution in [2.24, 2.45) is 7.05 Å². The van der Waals surface area contributed by atoms with Crippen LogP contribution in [0.4, 0.5) is 4.39 Å². The van der Waals surface area contributed by atoms with E-state index in [2.05, 4.69) is 16.6 Å². The molecule has 1 fully saturated rings. The Balaban J connectivity index is 1.57. The molecule has 4 heterocycles. The van der Waals surface area contributed by atoms with Gasteiger partial charge in [-0.1, -0.05) is 11.3 Å². The highest BCUT2D eigenvalue weighted by Gasteiger charge is 2.21. The van der Waals surface area contributed by atoms with Gasteiger partial charge in [0.1, 0.15) is 5.82 Å². The topological polar surface area (TPSA) is 47.1 Å². The number of fused-ring (bicyclic) bond motifs is 2. The highest BCUT2D eigenvalue weighted by Crippen LogP contribution is 2.36. The molecule has 134 valence electrons. The van der Waals surface area contributed by atoms with Crippen molar-refractivity contribution < 1.29 is 4.39 Å². The normalized spacial score (nSPS) is 16.1. The minimum Gasteiger partial charge on any atom is -0.317 e. The summed E-state index contributed by atoms with van der Waals surface area (Å²) in [4.78, 5) is 6.64. The average Bonchev–Trinajstić information content (AvgIpc) is 3.31. The molecular formula is C19H20FN5S. The van der Waals surface area contributed by atoms with Crippen LogP contribution in [0.5, 0.6) is 0 Å². The Morgan fingerprint density at radius 1 is 1.23 bits per heavy atom. The van der Waals surface area contributed by atoms with Crippen LogP contribution >= 0.6 is 11.3 Å². The Kier molecular flexibility index (Phi) is 3.62. The molecule has 0 amide bonds. The maximum atomic E-state index is 15.0. The molecule has 1 saturated heterocycles. The highest BCUT2D eigenvalue weighted by molar-refractivity contribution is 7.20. The molecule has 0 aliphatic carbocycles. The standard InChI is InChI=1S/C19H20FN5S/c1-11-17(20)14(7-13-8-24(2)23-18(11)13)16-10-25-9-15(22-19(25)26-16)12-3-5-21-6-4-12/h7-10,12,21H,3-6H2,1-2H3. The largest absolute Gasteiger partial charge is 0.317 e. The molecule has 0 atom stereocenters. The average molecular weight is 369 g/mol. The molecule has 1 aliphatic rings. The van der Waals surface area contributed by atoms with Crippen molar-refractivity contribution in [3.05, 3.63) is 41.7 Å². The van der Waals surface area contributed by atoms with E-state index in [1.165, 1.54) is 0 Å². The van der Waals surface area contributed by atoms with Crippen molar-refractivity contribution >= 4 is 27.2 Å². The van der Waals surface area contributed by atoms with Crippen LogP contribution < -0.4 is 5.32 Å². The number of nitrogens with one attached hydrogen (secondary N) is 1. The first kappa shape index (κ1) is 16.0. The van der Waals surface area contributed by atoms with Gasteiger partial charge in [-0.2, -0.15) is 5.10 Å². The number of rotatable bonds is 2. The summed E-state index contributed by atoms with van der Waals surface area (Å²) in [5.74, 6) is 0.330. The minimum absolute atomic E-state index is 0.195. The molecule has 0 spiro atoms. The van der Waals surface area contributed by atoms with Crippen LogP contribution in [0.1, 0.15) is 30.0 Å². The molecule has 1 N–H and O–H groups in total. The Hall–Kier alpha value is -2.25. The number of halogens is 1. The Bertz CT molecular complexity index is 1080. The van der Waals surface area contributed by atoms with Crippen LogP contribution in [0.15, 0.2) is 24.7 Å². The van der Waals surface area contributed by atoms with E-state index in [0.29, 0.717) is 17.0 Å². The highest BCUT2D eigenvalue weighted by atomic mass is 32.1. The maximum Gasteiger partial charge on any atom is 0.194 e. The van der Waals surface area contributed by atoms with Gasteiger partial charge in [-0.15, -0.1) is 0 Å². The molecule has 5 nitrogen and oxygen atoms in total. The van der Waals surface area contributed by atoms with E-state index in [1.807, 2.05) is 29.9 Å². The van der Waals surface area contributed by atoms with Gasteiger partial charge in [0.2, 0.25) is 0 Å². The van der Waals surface area contributed by atoms with Gasteiger partial charge in [0, 0.05) is 48.1 Å². The lowest BCUT2D eigenvalue weighted by Gasteiger charge is -2.20. The third-order valence-electron chi connectivity index (χ3n) is 5.28. The van der Waals surface area contributed by atoms with E-state index in [-0.39, 0.29) is 5.82 Å². The Labute approximate surface area is 154 Å². The molecule has 4 aromatic rings. The van der Waals surface area contributed by atoms with Crippen LogP contribution in [0.2, 0.25) is 0 Å². The van der Waals surface area contributed by atoms with Crippen molar-refractivity contribution in [3.8, 4) is 10.4 Å². The maximum absolute atomic E-state index is 15.0. The van der Waals surface area contributed by atoms with Gasteiger partial charge in [-0.05, 0) is 38.9 Å². The molecule has 5 rings (SSSR count). The number of hydrogen-bond acceptors (Lipinski definition) is 4. The van der Waals surface area contributed by atoms with Gasteiger partial charge < -0.3 is 5.32 Å². The van der Waals surface area contributed by atoms with E-state index in [0.717, 1.165) is 52.4 Å². The van der Waals surface area contributed by atoms with Gasteiger partial charge >= 0.3 is 0 Å². The first-order valence-corrected chi connectivity index (χ1v) is 9.74. The van der Waals surface area contributed by atoms with E-state index in [4.69, 9.17) is 4.98 Å². The summed E-state index contributed by atoms with van der Waals surface area (Å²) < 4.78 is 18.7. The number of thiazole rings is 1. The van der Waals surface area contributed by atoms with Crippen molar-refractivity contribution in [1.82, 2.24) is 24.5 Å². The van der Waals surface area contributed by atoms with E-state index in [1.54, 1.807) is 22.9 Å². The first-order valence-electron chi connectivity index (χ1n) is 8.92. The van der Waals surface area contributed by atoms with Crippen LogP contribution in [0, 0.1) is 12.7 Å². The lowest BCUT2D eigenvalue weighted by molar-refractivity contribution is 0.454. The number of imidazole rings is 1. The fourth-order valence-electron chi connectivity index (χ4n) is 3.86. The minimum atomic E-state index is -0.195. The number of benzene rings is 1. The fraction of sp³-hybridized carbons (Fsp3) is 0.368. The summed E-state index contributed by atoms with van der Waals surface area (Å²) in [5.41, 5.74) is 3.10. The predicted octanol–water partition coefficient (Wildman–Crippen LogP) is 3.86. The molecule has 0 bridgehead atoms. The van der Waals surface area contributed by atoms with Gasteiger partial charge in [-0.3, -0.25) is 9.08 Å². The van der Waals surface area contributed by atoms with Gasteiger partial charge in [0.25, 0.3) is 0 Å². The molecule has 0 radical (unpaired) electrons. The summed E-state index contributed by atoms with van der Waals surface area (Å²) in [6, 6.07) is 1.89. The molecule has 0 saturated carbocycles. The molecule has 1 aromatic carbocycles. The molecule has 26 heavy (non-hydrogen) atoms. The van der Waals surface area contributed by atoms with Crippen LogP contribution in [-0.4, -0.2) is 32.3 Å². The zero-order valence-electron chi connectivity index (χ0n) is 14.8. The molecule has 0 unspecified atom stereocenters. The van der Waals surface area contributed by atoms with E-state index >= 15 is 0 Å². The lowest BCUT2D eigenvalue weighted by atomic mass is 9.95. The van der Waals surface area contributed by atoms with E-state index < -0.39 is 0 Å². The fourth-order valence-corrected chi connectivity index (χ4v) is 4.84. The third kappa shape index (κ3) is 2.46. The Morgan fingerprint density at radius 2 is 2.04 bits per heavy atom. The lowest BCUT2D eigenvalue weighted by Crippen LogP contribution is -2.26. The van der Waals surface area contributed by atoms with E-state index in [9.17, 15) is 4.39 Å². The van der Waals surface area contributed by atoms with Crippen molar-refractivity contribution in [1.29, 1.82) is 0 Å². The van der Waals surface area contributed by atoms with Gasteiger partial charge in [-0.25, -0.2) is 9.37 Å². The predicted molar refractivity (Wildman–Crippen MR) is 102 cm³/mol. The number of piperidine rings is 1. The number of aryl methyl sites for hydroxylation is 2. The zero-order chi connectivity index (χ0) is 17.8. The van der Waals surface area contributed by atoms with Crippen molar-refractivity contribution in [2.45, 2.75) is 25.7 Å². The third-order valence-corrected chi connectivity index (χ3v) is 6.31. The molecule has 7 heteroatoms. The second-order valence-corrected chi connectivity index (χ2v) is 8.09. The second-order valence-electron chi connectivity index (χ2n) is 7.08. The van der Waals surface area contributed by atoms with Crippen LogP contribution in [0.25, 0.3) is 26.3 Å². The number of aromatic nitrogens is 4. The van der Waals surface area contributed by atoms with Crippen LogP contribution in [-0.2, 0) is 7.05 Å². The Morgan fingerprint density at radius 3 is 2.81 bits per heavy atom. The number of hydrogen-bond donors (Lipinski definition) is 1. The summed E-state index contributed by atoms with van der Waals surface area (Å²) in [6.07, 6.45) is 8.29. The van der Waals surface area contributed by atoms with Gasteiger partial charge in [0.05, 0.1) is 16.1 Å². The first-order chi connectivity index (χ1) is 12.6. The van der Waals surface area contributed by atoms with Crippen LogP contribution in [0.3, 0.4) is 0 Å². The molecular weight excluding hydrogens is 349 g/mol. The SMILES string of the molecule is Cc1c(F)c(-c2cn3cc(C4CCNCC4)nc3s2)cc2cn(C)nc12. The summed E-state index contributed by atoms with van der Waals surface area (Å²) in [5, 5.41) is 8.71. The quantitative estimate of drug-likeness (QED) is 0.584. The smallest absolute Gasteiger partial charge is 0.194 e. The number of nitrogens with zero attached hydrogens (tertiary/aromatic N) is 4. The second kappa shape index (κ2) is 5.89. The molecule has 3 aromatic heterocycles.